The van der Waals surface area contributed by atoms with Gasteiger partial charge in [0.25, 0.3) is 10.0 Å². The third-order valence-corrected chi connectivity index (χ3v) is 7.18. The van der Waals surface area contributed by atoms with Gasteiger partial charge in [0.05, 0.1) is 31.3 Å². The predicted molar refractivity (Wildman–Crippen MR) is 103 cm³/mol. The molecular formula is C17H18N2O7S2. The lowest BCUT2D eigenvalue weighted by atomic mass is 10.3. The van der Waals surface area contributed by atoms with E-state index in [2.05, 4.69) is 4.72 Å². The van der Waals surface area contributed by atoms with E-state index in [1.807, 2.05) is 0 Å². The number of hydrogen-bond acceptors (Lipinski definition) is 7. The van der Waals surface area contributed by atoms with Crippen molar-refractivity contribution >= 4 is 37.3 Å². The number of anilines is 2. The Balaban J connectivity index is 2.08. The molecule has 0 spiro atoms. The van der Waals surface area contributed by atoms with Crippen LogP contribution in [0.3, 0.4) is 0 Å². The molecule has 0 aromatic heterocycles. The number of carbonyl (C=O) groups excluding carboxylic acids is 1. The van der Waals surface area contributed by atoms with Crippen LogP contribution in [0.5, 0.6) is 11.5 Å². The lowest BCUT2D eigenvalue weighted by Crippen LogP contribution is -2.29. The average Bonchev–Trinajstić information content (AvgIpc) is 2.94. The van der Waals surface area contributed by atoms with E-state index in [1.165, 1.54) is 32.4 Å². The van der Waals surface area contributed by atoms with Gasteiger partial charge >= 0.3 is 0 Å². The molecule has 9 nitrogen and oxygen atoms in total. The molecule has 0 atom stereocenters. The number of ether oxygens (including phenoxy) is 2. The summed E-state index contributed by atoms with van der Waals surface area (Å²) in [7, 11) is -5.33. The summed E-state index contributed by atoms with van der Waals surface area (Å²) in [5.41, 5.74) is 0.131. The normalized spacial score (nSPS) is 16.1. The van der Waals surface area contributed by atoms with E-state index in [0.29, 0.717) is 10.1 Å². The quantitative estimate of drug-likeness (QED) is 0.745. The molecule has 150 valence electrons. The summed E-state index contributed by atoms with van der Waals surface area (Å²) >= 11 is 0. The third kappa shape index (κ3) is 3.62. The zero-order valence-electron chi connectivity index (χ0n) is 15.1. The van der Waals surface area contributed by atoms with Crippen LogP contribution in [0.1, 0.15) is 6.42 Å². The minimum absolute atomic E-state index is 0.00445. The summed E-state index contributed by atoms with van der Waals surface area (Å²) in [6, 6.07) is 10.1. The highest BCUT2D eigenvalue weighted by Gasteiger charge is 2.37. The fourth-order valence-electron chi connectivity index (χ4n) is 2.80. The molecule has 1 fully saturated rings. The molecule has 3 rings (SSSR count). The fraction of sp³-hybridized carbons (Fsp3) is 0.235. The maximum Gasteiger partial charge on any atom is 0.265 e. The van der Waals surface area contributed by atoms with Gasteiger partial charge in [-0.3, -0.25) is 9.52 Å². The minimum Gasteiger partial charge on any atom is -0.495 e. The van der Waals surface area contributed by atoms with Crippen molar-refractivity contribution in [2.75, 3.05) is 29.0 Å². The van der Waals surface area contributed by atoms with Crippen molar-refractivity contribution in [3.8, 4) is 11.5 Å². The highest BCUT2D eigenvalue weighted by atomic mass is 32.2. The number of nitrogens with one attached hydrogen (secondary N) is 1. The van der Waals surface area contributed by atoms with Crippen LogP contribution in [-0.2, 0) is 24.8 Å². The Morgan fingerprint density at radius 1 is 1.04 bits per heavy atom. The Labute approximate surface area is 163 Å². The Kier molecular flexibility index (Phi) is 5.22. The van der Waals surface area contributed by atoms with Crippen molar-refractivity contribution in [3.63, 3.8) is 0 Å². The molecule has 0 saturated carbocycles. The molecule has 1 aliphatic heterocycles. The van der Waals surface area contributed by atoms with Gasteiger partial charge in [0.2, 0.25) is 15.9 Å². The van der Waals surface area contributed by atoms with Gasteiger partial charge in [-0.1, -0.05) is 12.1 Å². The van der Waals surface area contributed by atoms with Gasteiger partial charge in [0.1, 0.15) is 16.4 Å². The van der Waals surface area contributed by atoms with E-state index in [4.69, 9.17) is 9.47 Å². The van der Waals surface area contributed by atoms with Crippen molar-refractivity contribution in [1.29, 1.82) is 0 Å². The minimum atomic E-state index is -4.18. The van der Waals surface area contributed by atoms with Gasteiger partial charge in [0, 0.05) is 6.42 Å². The molecule has 0 unspecified atom stereocenters. The highest BCUT2D eigenvalue weighted by Crippen LogP contribution is 2.34. The van der Waals surface area contributed by atoms with E-state index < -0.39 is 26.0 Å². The Morgan fingerprint density at radius 2 is 1.71 bits per heavy atom. The monoisotopic (exact) mass is 426 g/mol. The van der Waals surface area contributed by atoms with E-state index in [9.17, 15) is 21.6 Å². The van der Waals surface area contributed by atoms with Gasteiger partial charge in [-0.05, 0) is 30.3 Å². The summed E-state index contributed by atoms with van der Waals surface area (Å²) < 4.78 is 63.5. The molecule has 2 aromatic rings. The van der Waals surface area contributed by atoms with Gasteiger partial charge < -0.3 is 9.47 Å². The second-order valence-electron chi connectivity index (χ2n) is 5.87. The number of nitrogens with zero attached hydrogens (tertiary/aromatic N) is 1. The first-order chi connectivity index (χ1) is 13.2. The molecule has 1 aliphatic rings. The van der Waals surface area contributed by atoms with Crippen LogP contribution in [0.25, 0.3) is 0 Å². The smallest absolute Gasteiger partial charge is 0.265 e. The molecular weight excluding hydrogens is 408 g/mol. The topological polar surface area (TPSA) is 119 Å². The van der Waals surface area contributed by atoms with Crippen LogP contribution < -0.4 is 18.5 Å². The first-order valence-electron chi connectivity index (χ1n) is 8.09. The first-order valence-corrected chi connectivity index (χ1v) is 11.2. The number of amides is 1. The summed E-state index contributed by atoms with van der Waals surface area (Å²) in [6.45, 7) is 0. The molecule has 28 heavy (non-hydrogen) atoms. The van der Waals surface area contributed by atoms with E-state index in [-0.39, 0.29) is 34.2 Å². The van der Waals surface area contributed by atoms with Crippen molar-refractivity contribution in [1.82, 2.24) is 0 Å². The molecule has 2 aromatic carbocycles. The number of rotatable bonds is 6. The number of sulfonamides is 2. The largest absolute Gasteiger partial charge is 0.495 e. The van der Waals surface area contributed by atoms with Crippen LogP contribution >= 0.6 is 0 Å². The van der Waals surface area contributed by atoms with E-state index in [1.54, 1.807) is 18.2 Å². The summed E-state index contributed by atoms with van der Waals surface area (Å²) in [6.07, 6.45) is -0.157. The van der Waals surface area contributed by atoms with Gasteiger partial charge in [-0.25, -0.2) is 21.1 Å². The number of carbonyl (C=O) groups is 1. The third-order valence-electron chi connectivity index (χ3n) is 4.10. The lowest BCUT2D eigenvalue weighted by molar-refractivity contribution is -0.116. The molecule has 1 saturated heterocycles. The van der Waals surface area contributed by atoms with E-state index in [0.717, 1.165) is 6.07 Å². The molecule has 0 aliphatic carbocycles. The number of para-hydroxylation sites is 2. The molecule has 1 heterocycles. The lowest BCUT2D eigenvalue weighted by Gasteiger charge is -2.18. The van der Waals surface area contributed by atoms with Crippen LogP contribution in [0.4, 0.5) is 11.4 Å². The second kappa shape index (κ2) is 7.32. The second-order valence-corrected chi connectivity index (χ2v) is 9.45. The zero-order chi connectivity index (χ0) is 20.5. The van der Waals surface area contributed by atoms with Crippen LogP contribution in [0.2, 0.25) is 0 Å². The zero-order valence-corrected chi connectivity index (χ0v) is 16.7. The molecule has 0 radical (unpaired) electrons. The Bertz CT molecular complexity index is 1130. The number of hydrogen-bond donors (Lipinski definition) is 1. The van der Waals surface area contributed by atoms with E-state index >= 15 is 0 Å². The van der Waals surface area contributed by atoms with Crippen LogP contribution in [0.15, 0.2) is 47.4 Å². The summed E-state index contributed by atoms with van der Waals surface area (Å²) in [5, 5.41) is 0. The number of methoxy groups -OCH3 is 2. The van der Waals surface area contributed by atoms with Crippen LogP contribution in [-0.4, -0.2) is 42.7 Å². The van der Waals surface area contributed by atoms with Crippen molar-refractivity contribution < 1.29 is 31.1 Å². The number of benzene rings is 2. The average molecular weight is 426 g/mol. The SMILES string of the molecule is COc1ccccc1NS(=O)(=O)c1cc(N2C(=O)CCS2(=O)=O)ccc1OC. The summed E-state index contributed by atoms with van der Waals surface area (Å²) in [5.74, 6) is -0.640. The Morgan fingerprint density at radius 3 is 2.32 bits per heavy atom. The molecule has 0 bridgehead atoms. The molecule has 1 N–H and O–H groups in total. The maximum absolute atomic E-state index is 13.0. The van der Waals surface area contributed by atoms with Gasteiger partial charge in [0.15, 0.2) is 0 Å². The molecule has 1 amide bonds. The highest BCUT2D eigenvalue weighted by molar-refractivity contribution is 7.94. The van der Waals surface area contributed by atoms with Gasteiger partial charge in [-0.15, -0.1) is 0 Å². The van der Waals surface area contributed by atoms with Gasteiger partial charge in [-0.2, -0.15) is 0 Å². The molecule has 11 heteroatoms. The van der Waals surface area contributed by atoms with Crippen molar-refractivity contribution in [2.45, 2.75) is 11.3 Å². The standard InChI is InChI=1S/C17H18N2O7S2/c1-25-14-6-4-3-5-13(14)18-28(23,24)16-11-12(7-8-15(16)26-2)19-17(20)9-10-27(19,21)22/h3-8,11,18H,9-10H2,1-2H3. The first kappa shape index (κ1) is 20.0. The Hall–Kier alpha value is -2.79. The fourth-order valence-corrected chi connectivity index (χ4v) is 5.51. The maximum atomic E-state index is 13.0. The predicted octanol–water partition coefficient (Wildman–Crippen LogP) is 1.57. The van der Waals surface area contributed by atoms with Crippen molar-refractivity contribution in [3.05, 3.63) is 42.5 Å². The summed E-state index contributed by atoms with van der Waals surface area (Å²) in [4.78, 5) is 11.7. The van der Waals surface area contributed by atoms with Crippen molar-refractivity contribution in [2.24, 2.45) is 0 Å². The van der Waals surface area contributed by atoms with Crippen LogP contribution in [0, 0.1) is 0 Å².